The predicted octanol–water partition coefficient (Wildman–Crippen LogP) is 3.77. The molecule has 126 valence electrons. The van der Waals surface area contributed by atoms with Gasteiger partial charge in [0.15, 0.2) is 0 Å². The molecule has 0 bridgehead atoms. The number of nitrogens with zero attached hydrogens (tertiary/aromatic N) is 2. The molecule has 1 aliphatic heterocycles. The van der Waals surface area contributed by atoms with Crippen molar-refractivity contribution in [1.29, 1.82) is 0 Å². The molecule has 24 heavy (non-hydrogen) atoms. The van der Waals surface area contributed by atoms with Crippen LogP contribution in [0.3, 0.4) is 0 Å². The number of nitrogens with one attached hydrogen (secondary N) is 1. The smallest absolute Gasteiger partial charge is 0.334 e. The van der Waals surface area contributed by atoms with E-state index in [1.165, 1.54) is 0 Å². The van der Waals surface area contributed by atoms with Gasteiger partial charge in [-0.15, -0.1) is 0 Å². The zero-order chi connectivity index (χ0) is 17.6. The molecule has 1 aromatic heterocycles. The number of rotatable bonds is 3. The maximum atomic E-state index is 12.0. The first kappa shape index (κ1) is 16.3. The number of aromatic nitrogens is 2. The van der Waals surface area contributed by atoms with Gasteiger partial charge in [-0.05, 0) is 30.9 Å². The Labute approximate surface area is 142 Å². The second kappa shape index (κ2) is 5.82. The van der Waals surface area contributed by atoms with Crippen LogP contribution in [-0.4, -0.2) is 20.9 Å². The summed E-state index contributed by atoms with van der Waals surface area (Å²) in [6.07, 6.45) is 0. The summed E-state index contributed by atoms with van der Waals surface area (Å²) in [6, 6.07) is 7.98. The van der Waals surface area contributed by atoms with Crippen LogP contribution < -0.4 is 5.32 Å². The molecule has 0 fully saturated rings. The first-order valence-electron chi connectivity index (χ1n) is 8.16. The Hall–Kier alpha value is -2.56. The van der Waals surface area contributed by atoms with E-state index in [9.17, 15) is 9.90 Å². The van der Waals surface area contributed by atoms with E-state index < -0.39 is 5.97 Å². The number of aliphatic carboxylic acids is 1. The molecule has 1 atom stereocenters. The van der Waals surface area contributed by atoms with Gasteiger partial charge >= 0.3 is 5.97 Å². The van der Waals surface area contributed by atoms with Gasteiger partial charge in [0.25, 0.3) is 0 Å². The van der Waals surface area contributed by atoms with E-state index in [2.05, 4.69) is 24.3 Å². The van der Waals surface area contributed by atoms with Crippen molar-refractivity contribution in [3.8, 4) is 0 Å². The molecule has 1 unspecified atom stereocenters. The quantitative estimate of drug-likeness (QED) is 0.901. The number of hydrogen-bond acceptors (Lipinski definition) is 3. The SMILES string of the molecule is CC1=C(C(=O)O)C(c2ccccc2C)c2c(C(C)C)nn(C)c2N1. The van der Waals surface area contributed by atoms with Gasteiger partial charge < -0.3 is 10.4 Å². The van der Waals surface area contributed by atoms with Gasteiger partial charge in [-0.1, -0.05) is 38.1 Å². The van der Waals surface area contributed by atoms with E-state index in [0.29, 0.717) is 11.3 Å². The Kier molecular flexibility index (Phi) is 3.95. The summed E-state index contributed by atoms with van der Waals surface area (Å²) < 4.78 is 1.82. The molecule has 0 amide bonds. The van der Waals surface area contributed by atoms with Crippen LogP contribution in [0.5, 0.6) is 0 Å². The molecule has 1 aliphatic rings. The Morgan fingerprint density at radius 1 is 1.29 bits per heavy atom. The van der Waals surface area contributed by atoms with Gasteiger partial charge in [-0.25, -0.2) is 4.79 Å². The molecular weight excluding hydrogens is 302 g/mol. The molecule has 2 aromatic rings. The molecule has 0 aliphatic carbocycles. The van der Waals surface area contributed by atoms with Crippen molar-refractivity contribution in [1.82, 2.24) is 9.78 Å². The summed E-state index contributed by atoms with van der Waals surface area (Å²) >= 11 is 0. The molecule has 0 radical (unpaired) electrons. The molecule has 2 heterocycles. The van der Waals surface area contributed by atoms with Gasteiger partial charge in [0.2, 0.25) is 0 Å². The highest BCUT2D eigenvalue weighted by Crippen LogP contribution is 2.45. The molecule has 0 saturated carbocycles. The highest BCUT2D eigenvalue weighted by molar-refractivity contribution is 5.93. The second-order valence-electron chi connectivity index (χ2n) is 6.68. The fraction of sp³-hybridized carbons (Fsp3) is 0.368. The van der Waals surface area contributed by atoms with Crippen LogP contribution >= 0.6 is 0 Å². The van der Waals surface area contributed by atoms with Crippen LogP contribution in [-0.2, 0) is 11.8 Å². The largest absolute Gasteiger partial charge is 0.478 e. The monoisotopic (exact) mass is 325 g/mol. The summed E-state index contributed by atoms with van der Waals surface area (Å²) in [7, 11) is 1.89. The van der Waals surface area contributed by atoms with Crippen LogP contribution in [0, 0.1) is 6.92 Å². The summed E-state index contributed by atoms with van der Waals surface area (Å²) in [5.41, 5.74) is 5.09. The fourth-order valence-electron chi connectivity index (χ4n) is 3.53. The highest BCUT2D eigenvalue weighted by atomic mass is 16.4. The summed E-state index contributed by atoms with van der Waals surface area (Å²) in [5.74, 6) is -0.111. The molecule has 0 spiro atoms. The minimum atomic E-state index is -0.891. The Balaban J connectivity index is 2.35. The predicted molar refractivity (Wildman–Crippen MR) is 94.3 cm³/mol. The van der Waals surface area contributed by atoms with Crippen molar-refractivity contribution in [2.45, 2.75) is 39.5 Å². The third kappa shape index (κ3) is 2.40. The summed E-state index contributed by atoms with van der Waals surface area (Å²) in [5, 5.41) is 17.8. The van der Waals surface area contributed by atoms with E-state index in [4.69, 9.17) is 0 Å². The van der Waals surface area contributed by atoms with Gasteiger partial charge in [0, 0.05) is 24.2 Å². The van der Waals surface area contributed by atoms with E-state index in [1.807, 2.05) is 49.8 Å². The number of carboxylic acid groups (broad SMARTS) is 1. The lowest BCUT2D eigenvalue weighted by Crippen LogP contribution is -2.24. The van der Waals surface area contributed by atoms with E-state index in [-0.39, 0.29) is 11.8 Å². The normalized spacial score (nSPS) is 17.0. The zero-order valence-corrected chi connectivity index (χ0v) is 14.7. The third-order valence-corrected chi connectivity index (χ3v) is 4.68. The van der Waals surface area contributed by atoms with Gasteiger partial charge in [-0.3, -0.25) is 4.68 Å². The van der Waals surface area contributed by atoms with Gasteiger partial charge in [0.1, 0.15) is 5.82 Å². The summed E-state index contributed by atoms with van der Waals surface area (Å²) in [6.45, 7) is 8.02. The first-order chi connectivity index (χ1) is 11.3. The van der Waals surface area contributed by atoms with E-state index in [1.54, 1.807) is 0 Å². The fourth-order valence-corrected chi connectivity index (χ4v) is 3.53. The molecule has 1 aromatic carbocycles. The lowest BCUT2D eigenvalue weighted by molar-refractivity contribution is -0.133. The topological polar surface area (TPSA) is 67.1 Å². The Bertz CT molecular complexity index is 846. The lowest BCUT2D eigenvalue weighted by Gasteiger charge is -2.29. The average Bonchev–Trinajstić information content (AvgIpc) is 2.83. The summed E-state index contributed by atoms with van der Waals surface area (Å²) in [4.78, 5) is 12.0. The van der Waals surface area contributed by atoms with Crippen LogP contribution in [0.4, 0.5) is 5.82 Å². The molecule has 5 heteroatoms. The van der Waals surface area contributed by atoms with Crippen LogP contribution in [0.1, 0.15) is 55.0 Å². The Morgan fingerprint density at radius 3 is 2.54 bits per heavy atom. The number of aryl methyl sites for hydroxylation is 2. The molecule has 3 rings (SSSR count). The number of carboxylic acids is 1. The molecule has 0 saturated heterocycles. The van der Waals surface area contributed by atoms with Crippen molar-refractivity contribution in [3.05, 3.63) is 57.9 Å². The van der Waals surface area contributed by atoms with Crippen molar-refractivity contribution in [2.24, 2.45) is 7.05 Å². The van der Waals surface area contributed by atoms with Crippen molar-refractivity contribution in [3.63, 3.8) is 0 Å². The van der Waals surface area contributed by atoms with Crippen molar-refractivity contribution < 1.29 is 9.90 Å². The third-order valence-electron chi connectivity index (χ3n) is 4.68. The lowest BCUT2D eigenvalue weighted by atomic mass is 9.78. The molecule has 2 N–H and O–H groups in total. The Morgan fingerprint density at radius 2 is 1.96 bits per heavy atom. The zero-order valence-electron chi connectivity index (χ0n) is 14.7. The number of carbonyl (C=O) groups is 1. The maximum absolute atomic E-state index is 12.0. The number of hydrogen-bond donors (Lipinski definition) is 2. The highest BCUT2D eigenvalue weighted by Gasteiger charge is 2.37. The van der Waals surface area contributed by atoms with E-state index >= 15 is 0 Å². The van der Waals surface area contributed by atoms with Gasteiger partial charge in [0.05, 0.1) is 11.3 Å². The van der Waals surface area contributed by atoms with Crippen LogP contribution in [0.15, 0.2) is 35.5 Å². The average molecular weight is 325 g/mol. The van der Waals surface area contributed by atoms with E-state index in [0.717, 1.165) is 28.2 Å². The first-order valence-corrected chi connectivity index (χ1v) is 8.16. The maximum Gasteiger partial charge on any atom is 0.334 e. The van der Waals surface area contributed by atoms with Crippen LogP contribution in [0.25, 0.3) is 0 Å². The number of fused-ring (bicyclic) bond motifs is 1. The molecule has 5 nitrogen and oxygen atoms in total. The minimum Gasteiger partial charge on any atom is -0.478 e. The number of allylic oxidation sites excluding steroid dienone is 1. The standard InChI is InChI=1S/C19H23N3O2/c1-10(2)17-16-15(13-9-7-6-8-11(13)3)14(19(23)24)12(4)20-18(16)22(5)21-17/h6-10,15,20H,1-5H3,(H,23,24). The van der Waals surface area contributed by atoms with Gasteiger partial charge in [-0.2, -0.15) is 5.10 Å². The van der Waals surface area contributed by atoms with Crippen molar-refractivity contribution >= 4 is 11.8 Å². The van der Waals surface area contributed by atoms with Crippen LogP contribution in [0.2, 0.25) is 0 Å². The van der Waals surface area contributed by atoms with Crippen molar-refractivity contribution in [2.75, 3.05) is 5.32 Å². The number of anilines is 1. The molecular formula is C19H23N3O2. The second-order valence-corrected chi connectivity index (χ2v) is 6.68. The minimum absolute atomic E-state index is 0.210. The number of benzene rings is 1.